The lowest BCUT2D eigenvalue weighted by molar-refractivity contribution is -0.244. The summed E-state index contributed by atoms with van der Waals surface area (Å²) >= 11 is 0. The van der Waals surface area contributed by atoms with Crippen molar-refractivity contribution < 1.29 is 55.0 Å². The number of sulfonamides is 1. The van der Waals surface area contributed by atoms with Gasteiger partial charge in [-0.15, -0.1) is 0 Å². The van der Waals surface area contributed by atoms with E-state index in [1.165, 1.54) is 25.1 Å². The number of nitrogens with one attached hydrogen (secondary N) is 3. The number of allylic oxidation sites excluding steroid dienone is 1. The highest BCUT2D eigenvalue weighted by Gasteiger charge is 2.63. The molecule has 1 aromatic carbocycles. The number of benzene rings is 1. The lowest BCUT2D eigenvalue weighted by atomic mass is 9.93. The second kappa shape index (κ2) is 15.0. The fourth-order valence-corrected chi connectivity index (χ4v) is 8.54. The fourth-order valence-electron chi connectivity index (χ4n) is 7.22. The molecule has 2 aromatic rings. The monoisotopic (exact) mass is 807 g/mol. The topological polar surface area (TPSA) is 182 Å². The van der Waals surface area contributed by atoms with Crippen molar-refractivity contribution >= 4 is 44.6 Å². The summed E-state index contributed by atoms with van der Waals surface area (Å²) in [5.74, 6) is -2.93. The number of pyridine rings is 1. The molecule has 2 aliphatic carbocycles. The van der Waals surface area contributed by atoms with E-state index < -0.39 is 85.9 Å². The predicted octanol–water partition coefficient (Wildman–Crippen LogP) is 4.67. The van der Waals surface area contributed by atoms with Crippen LogP contribution in [0.4, 0.5) is 18.0 Å². The van der Waals surface area contributed by atoms with Gasteiger partial charge in [0.05, 0.1) is 24.6 Å². The van der Waals surface area contributed by atoms with Crippen LogP contribution in [0.2, 0.25) is 0 Å². The summed E-state index contributed by atoms with van der Waals surface area (Å²) in [6.07, 6.45) is 0.753. The van der Waals surface area contributed by atoms with E-state index in [0.717, 1.165) is 0 Å². The Kier molecular flexibility index (Phi) is 11.0. The molecular formula is C38H48F3N5O9S. The summed E-state index contributed by atoms with van der Waals surface area (Å²) in [4.78, 5) is 61.5. The molecule has 3 heterocycles. The number of fused-ring (bicyclic) bond motifs is 3. The number of halogens is 3. The number of carbonyl (C=O) groups is 4. The summed E-state index contributed by atoms with van der Waals surface area (Å²) < 4.78 is 84.9. The third-order valence-electron chi connectivity index (χ3n) is 11.5. The third-order valence-corrected chi connectivity index (χ3v) is 13.6. The molecule has 14 nitrogen and oxygen atoms in total. The second-order valence-corrected chi connectivity index (χ2v) is 18.2. The number of alkyl halides is 3. The number of ether oxygens (including phenoxy) is 3. The fraction of sp³-hybridized carbons (Fsp3) is 0.605. The van der Waals surface area contributed by atoms with Gasteiger partial charge in [-0.25, -0.2) is 18.2 Å². The highest BCUT2D eigenvalue weighted by Crippen LogP contribution is 2.47. The first-order chi connectivity index (χ1) is 26.2. The van der Waals surface area contributed by atoms with Crippen LogP contribution in [0.25, 0.3) is 10.8 Å². The number of nitrogens with zero attached hydrogens (tertiary/aromatic N) is 2. The number of hydrogen-bond acceptors (Lipinski definition) is 10. The molecule has 3 N–H and O–H groups in total. The zero-order valence-corrected chi connectivity index (χ0v) is 32.7. The van der Waals surface area contributed by atoms with Crippen LogP contribution in [0.3, 0.4) is 0 Å². The molecule has 6 atom stereocenters. The number of aromatic nitrogens is 1. The summed E-state index contributed by atoms with van der Waals surface area (Å²) in [5, 5.41) is 6.42. The normalized spacial score (nSPS) is 28.7. The minimum absolute atomic E-state index is 0.109. The van der Waals surface area contributed by atoms with E-state index in [1.807, 2.05) is 18.2 Å². The van der Waals surface area contributed by atoms with Crippen LogP contribution in [0.1, 0.15) is 79.1 Å². The van der Waals surface area contributed by atoms with Gasteiger partial charge in [0.15, 0.2) is 0 Å². The molecule has 0 radical (unpaired) electrons. The molecule has 18 heteroatoms. The number of amides is 4. The molecule has 0 unspecified atom stereocenters. The molecule has 306 valence electrons. The third kappa shape index (κ3) is 8.11. The van der Waals surface area contributed by atoms with Gasteiger partial charge in [-0.1, -0.05) is 43.7 Å². The molecule has 0 spiro atoms. The van der Waals surface area contributed by atoms with Gasteiger partial charge >= 0.3 is 12.3 Å². The van der Waals surface area contributed by atoms with Crippen molar-refractivity contribution in [3.8, 4) is 11.6 Å². The van der Waals surface area contributed by atoms with E-state index >= 15 is 0 Å². The van der Waals surface area contributed by atoms with Crippen LogP contribution in [-0.4, -0.2) is 96.0 Å². The largest absolute Gasteiger partial charge is 0.494 e. The summed E-state index contributed by atoms with van der Waals surface area (Å²) in [5.41, 5.74) is -4.51. The first-order valence-electron chi connectivity index (χ1n) is 18.7. The molecule has 6 rings (SSSR count). The van der Waals surface area contributed by atoms with E-state index in [0.29, 0.717) is 68.9 Å². The molecule has 2 aliphatic heterocycles. The van der Waals surface area contributed by atoms with Gasteiger partial charge < -0.3 is 29.7 Å². The van der Waals surface area contributed by atoms with Gasteiger partial charge in [0, 0.05) is 23.1 Å². The Labute approximate surface area is 323 Å². The average Bonchev–Trinajstić information content (AvgIpc) is 4.01. The number of rotatable bonds is 8. The highest BCUT2D eigenvalue weighted by atomic mass is 32.2. The Morgan fingerprint density at radius 1 is 1.09 bits per heavy atom. The minimum Gasteiger partial charge on any atom is -0.494 e. The van der Waals surface area contributed by atoms with Crippen LogP contribution in [0.15, 0.2) is 42.6 Å². The molecule has 4 amide bonds. The maximum absolute atomic E-state index is 14.6. The van der Waals surface area contributed by atoms with Gasteiger partial charge in [0.1, 0.15) is 29.5 Å². The quantitative estimate of drug-likeness (QED) is 0.317. The van der Waals surface area contributed by atoms with Crippen LogP contribution in [0.5, 0.6) is 11.6 Å². The lowest BCUT2D eigenvalue weighted by Crippen LogP contribution is -2.59. The van der Waals surface area contributed by atoms with Crippen molar-refractivity contribution in [3.63, 3.8) is 0 Å². The SMILES string of the molecule is COc1cnc(O[C@@H]2C[C@H]3C(=O)N[C@]4(C(=O)NS(=O)(=O)C5(C)CC5)C[C@H]4/C=C\CCCC[C@@H](C)[C@H](NC(=O)OC(C)(C)C(F)(F)F)C(=O)N3C2)c2ccccc12. The highest BCUT2D eigenvalue weighted by molar-refractivity contribution is 7.91. The Morgan fingerprint density at radius 2 is 1.79 bits per heavy atom. The van der Waals surface area contributed by atoms with Crippen molar-refractivity contribution in [2.24, 2.45) is 11.8 Å². The van der Waals surface area contributed by atoms with Gasteiger partial charge in [-0.3, -0.25) is 19.1 Å². The number of hydrogen-bond donors (Lipinski definition) is 3. The van der Waals surface area contributed by atoms with E-state index in [9.17, 15) is 40.8 Å². The Bertz CT molecular complexity index is 2020. The van der Waals surface area contributed by atoms with E-state index in [1.54, 1.807) is 25.1 Å². The molecule has 3 fully saturated rings. The first-order valence-corrected chi connectivity index (χ1v) is 20.2. The molecule has 0 bridgehead atoms. The number of carbonyl (C=O) groups excluding carboxylic acids is 4. The van der Waals surface area contributed by atoms with Gasteiger partial charge in [0.2, 0.25) is 33.3 Å². The average molecular weight is 808 g/mol. The maximum atomic E-state index is 14.6. The van der Waals surface area contributed by atoms with E-state index in [4.69, 9.17) is 14.2 Å². The smallest absolute Gasteiger partial charge is 0.427 e. The van der Waals surface area contributed by atoms with Crippen molar-refractivity contribution in [2.45, 2.75) is 119 Å². The molecule has 4 aliphatic rings. The standard InChI is InChI=1S/C38H48F3N5O9S/c1-22-12-8-6-7-9-13-23-19-37(23,33(49)45-56(51,52)36(4)16-17-36)44-30(47)27-18-24(54-31-26-15-11-10-14-25(26)28(53-5)20-42-31)21-46(27)32(48)29(22)43-34(50)55-35(2,3)38(39,40)41/h9-11,13-15,20,22-24,27,29H,6-8,12,16-19,21H2,1-5H3,(H,43,50)(H,44,47)(H,45,49)/b13-9-/t22-,23-,24-,27+,29+,37-/m1/s1. The first kappa shape index (κ1) is 41.0. The van der Waals surface area contributed by atoms with Gasteiger partial charge in [-0.2, -0.15) is 13.2 Å². The zero-order valence-electron chi connectivity index (χ0n) is 31.9. The Morgan fingerprint density at radius 3 is 2.45 bits per heavy atom. The lowest BCUT2D eigenvalue weighted by Gasteiger charge is -2.33. The number of methoxy groups -OCH3 is 1. The van der Waals surface area contributed by atoms with E-state index in [2.05, 4.69) is 20.3 Å². The minimum atomic E-state index is -4.91. The summed E-state index contributed by atoms with van der Waals surface area (Å²) in [6, 6.07) is 4.43. The molecule has 56 heavy (non-hydrogen) atoms. The second-order valence-electron chi connectivity index (χ2n) is 16.0. The molecule has 1 saturated heterocycles. The predicted molar refractivity (Wildman–Crippen MR) is 197 cm³/mol. The summed E-state index contributed by atoms with van der Waals surface area (Å²) in [7, 11) is -2.57. The van der Waals surface area contributed by atoms with Crippen molar-refractivity contribution in [1.82, 2.24) is 25.2 Å². The number of alkyl carbamates (subject to hydrolysis) is 1. The van der Waals surface area contributed by atoms with Gasteiger partial charge in [-0.05, 0) is 71.3 Å². The van der Waals surface area contributed by atoms with Crippen molar-refractivity contribution in [1.29, 1.82) is 0 Å². The summed E-state index contributed by atoms with van der Waals surface area (Å²) in [6.45, 7) is 4.38. The zero-order chi connectivity index (χ0) is 40.8. The Hall–Kier alpha value is -4.61. The maximum Gasteiger partial charge on any atom is 0.427 e. The Balaban J connectivity index is 1.34. The van der Waals surface area contributed by atoms with Crippen molar-refractivity contribution in [2.75, 3.05) is 13.7 Å². The van der Waals surface area contributed by atoms with Crippen LogP contribution >= 0.6 is 0 Å². The molecular weight excluding hydrogens is 760 g/mol. The van der Waals surface area contributed by atoms with Gasteiger partial charge in [0.25, 0.3) is 5.91 Å². The van der Waals surface area contributed by atoms with Crippen LogP contribution in [-0.2, 0) is 29.1 Å². The molecule has 1 aromatic heterocycles. The van der Waals surface area contributed by atoms with Crippen molar-refractivity contribution in [3.05, 3.63) is 42.6 Å². The molecule has 2 saturated carbocycles. The van der Waals surface area contributed by atoms with E-state index in [-0.39, 0.29) is 25.3 Å². The van der Waals surface area contributed by atoms with Crippen LogP contribution < -0.4 is 24.8 Å². The van der Waals surface area contributed by atoms with Crippen LogP contribution in [0, 0.1) is 11.8 Å².